The van der Waals surface area contributed by atoms with Gasteiger partial charge in [-0.3, -0.25) is 9.79 Å². The molecule has 1 amide bonds. The number of phenols is 1. The molecule has 0 bridgehead atoms. The second-order valence-corrected chi connectivity index (χ2v) is 4.95. The lowest BCUT2D eigenvalue weighted by Crippen LogP contribution is -2.20. The number of nitrogens with zero attached hydrogens (tertiary/aromatic N) is 1. The molecule has 100 valence electrons. The van der Waals surface area contributed by atoms with E-state index in [2.05, 4.69) is 10.3 Å². The van der Waals surface area contributed by atoms with E-state index in [1.54, 1.807) is 30.3 Å². The first-order valence-electron chi connectivity index (χ1n) is 5.84. The third kappa shape index (κ3) is 3.84. The monoisotopic (exact) mass is 278 g/mol. The Labute approximate surface area is 115 Å². The molecule has 1 aliphatic rings. The molecule has 0 unspecified atom stereocenters. The molecule has 0 spiro atoms. The van der Waals surface area contributed by atoms with Gasteiger partial charge < -0.3 is 15.5 Å². The summed E-state index contributed by atoms with van der Waals surface area (Å²) in [5.41, 5.74) is 0.840. The lowest BCUT2D eigenvalue weighted by Gasteiger charge is -1.95. The highest BCUT2D eigenvalue weighted by Gasteiger charge is 2.23. The van der Waals surface area contributed by atoms with Crippen molar-refractivity contribution in [3.8, 4) is 5.75 Å². The molecule has 1 aromatic rings. The van der Waals surface area contributed by atoms with E-state index in [-0.39, 0.29) is 18.3 Å². The van der Waals surface area contributed by atoms with Crippen molar-refractivity contribution in [2.24, 2.45) is 4.99 Å². The molecule has 0 saturated carbocycles. The van der Waals surface area contributed by atoms with Gasteiger partial charge in [-0.25, -0.2) is 0 Å². The van der Waals surface area contributed by atoms with Gasteiger partial charge in [-0.15, -0.1) is 0 Å². The minimum Gasteiger partial charge on any atom is -0.508 e. The zero-order valence-corrected chi connectivity index (χ0v) is 11.0. The van der Waals surface area contributed by atoms with Crippen LogP contribution in [0.25, 0.3) is 6.08 Å². The van der Waals surface area contributed by atoms with Crippen LogP contribution in [0.3, 0.4) is 0 Å². The van der Waals surface area contributed by atoms with E-state index in [4.69, 9.17) is 5.11 Å². The second kappa shape index (κ2) is 6.40. The molecule has 1 aliphatic heterocycles. The fourth-order valence-electron chi connectivity index (χ4n) is 1.47. The molecule has 0 radical (unpaired) electrons. The van der Waals surface area contributed by atoms with Gasteiger partial charge in [0.15, 0.2) is 5.17 Å². The number of aromatic hydroxyl groups is 1. The Kier molecular flexibility index (Phi) is 4.59. The number of hydrogen-bond acceptors (Lipinski definition) is 5. The van der Waals surface area contributed by atoms with Crippen LogP contribution in [0.1, 0.15) is 12.0 Å². The zero-order valence-electron chi connectivity index (χ0n) is 10.2. The first kappa shape index (κ1) is 13.6. The Hall–Kier alpha value is -1.79. The number of rotatable bonds is 4. The van der Waals surface area contributed by atoms with Crippen LogP contribution in [-0.2, 0) is 4.79 Å². The fraction of sp³-hybridized carbons (Fsp3) is 0.231. The Morgan fingerprint density at radius 2 is 2.05 bits per heavy atom. The van der Waals surface area contributed by atoms with Crippen molar-refractivity contribution in [2.75, 3.05) is 13.2 Å². The standard InChI is InChI=1S/C13H14N2O3S/c16-7-1-6-14-13-15-12(18)11(19-13)8-9-2-4-10(17)5-3-9/h2-5,8,16-17H,1,6-7H2,(H,14,15,18)/b11-8-. The number of hydrogen-bond donors (Lipinski definition) is 3. The predicted molar refractivity (Wildman–Crippen MR) is 75.8 cm³/mol. The summed E-state index contributed by atoms with van der Waals surface area (Å²) in [5.74, 6) is 0.0118. The summed E-state index contributed by atoms with van der Waals surface area (Å²) in [7, 11) is 0. The van der Waals surface area contributed by atoms with Crippen LogP contribution in [-0.4, -0.2) is 34.4 Å². The molecule has 0 aliphatic carbocycles. The van der Waals surface area contributed by atoms with E-state index < -0.39 is 0 Å². The van der Waals surface area contributed by atoms with Gasteiger partial charge in [0.2, 0.25) is 0 Å². The molecular formula is C13H14N2O3S. The van der Waals surface area contributed by atoms with Crippen molar-refractivity contribution >= 4 is 28.9 Å². The van der Waals surface area contributed by atoms with Crippen LogP contribution in [0.4, 0.5) is 0 Å². The SMILES string of the molecule is O=C1NC(=NCCCO)S/C1=C\c1ccc(O)cc1. The van der Waals surface area contributed by atoms with Crippen molar-refractivity contribution in [3.05, 3.63) is 34.7 Å². The van der Waals surface area contributed by atoms with Crippen molar-refractivity contribution in [1.29, 1.82) is 0 Å². The van der Waals surface area contributed by atoms with Crippen LogP contribution in [0.5, 0.6) is 5.75 Å². The summed E-state index contributed by atoms with van der Waals surface area (Å²) < 4.78 is 0. The van der Waals surface area contributed by atoms with Crippen LogP contribution in [0, 0.1) is 0 Å². The first-order chi connectivity index (χ1) is 9.19. The topological polar surface area (TPSA) is 81.9 Å². The molecule has 2 rings (SSSR count). The smallest absolute Gasteiger partial charge is 0.264 e. The summed E-state index contributed by atoms with van der Waals surface area (Å²) in [5, 5.41) is 21.1. The molecule has 1 heterocycles. The molecule has 1 saturated heterocycles. The van der Waals surface area contributed by atoms with Gasteiger partial charge in [0.25, 0.3) is 5.91 Å². The van der Waals surface area contributed by atoms with E-state index in [0.717, 1.165) is 5.56 Å². The number of amidine groups is 1. The van der Waals surface area contributed by atoms with Crippen molar-refractivity contribution in [3.63, 3.8) is 0 Å². The average molecular weight is 278 g/mol. The van der Waals surface area contributed by atoms with Gasteiger partial charge in [-0.05, 0) is 42.0 Å². The molecule has 1 fully saturated rings. The highest BCUT2D eigenvalue weighted by atomic mass is 32.2. The minimum atomic E-state index is -0.180. The number of amides is 1. The summed E-state index contributed by atoms with van der Waals surface area (Å²) in [6.07, 6.45) is 2.32. The van der Waals surface area contributed by atoms with Gasteiger partial charge in [0, 0.05) is 13.2 Å². The summed E-state index contributed by atoms with van der Waals surface area (Å²) in [6, 6.07) is 6.61. The zero-order chi connectivity index (χ0) is 13.7. The fourth-order valence-corrected chi connectivity index (χ4v) is 2.32. The number of phenolic OH excluding ortho intramolecular Hbond substituents is 1. The van der Waals surface area contributed by atoms with Gasteiger partial charge >= 0.3 is 0 Å². The number of aliphatic hydroxyl groups is 1. The van der Waals surface area contributed by atoms with Crippen LogP contribution >= 0.6 is 11.8 Å². The average Bonchev–Trinajstić information content (AvgIpc) is 2.73. The maximum atomic E-state index is 11.7. The molecule has 3 N–H and O–H groups in total. The lowest BCUT2D eigenvalue weighted by atomic mass is 10.2. The third-order valence-electron chi connectivity index (χ3n) is 2.41. The van der Waals surface area contributed by atoms with Crippen LogP contribution < -0.4 is 5.32 Å². The molecule has 1 aromatic carbocycles. The number of carbonyl (C=O) groups excluding carboxylic acids is 1. The van der Waals surface area contributed by atoms with Gasteiger partial charge in [-0.1, -0.05) is 12.1 Å². The predicted octanol–water partition coefficient (Wildman–Crippen LogP) is 1.33. The van der Waals surface area contributed by atoms with Crippen molar-refractivity contribution in [2.45, 2.75) is 6.42 Å². The minimum absolute atomic E-state index is 0.0889. The van der Waals surface area contributed by atoms with Crippen molar-refractivity contribution in [1.82, 2.24) is 5.32 Å². The summed E-state index contributed by atoms with van der Waals surface area (Å²) in [6.45, 7) is 0.581. The molecular weight excluding hydrogens is 264 g/mol. The number of benzene rings is 1. The van der Waals surface area contributed by atoms with E-state index in [1.165, 1.54) is 11.8 Å². The molecule has 6 heteroatoms. The Morgan fingerprint density at radius 3 is 2.74 bits per heavy atom. The van der Waals surface area contributed by atoms with Gasteiger partial charge in [0.1, 0.15) is 5.75 Å². The maximum Gasteiger partial charge on any atom is 0.264 e. The largest absolute Gasteiger partial charge is 0.508 e. The Bertz CT molecular complexity index is 523. The van der Waals surface area contributed by atoms with Gasteiger partial charge in [0.05, 0.1) is 4.91 Å². The number of aliphatic imine (C=N–C) groups is 1. The number of carbonyl (C=O) groups is 1. The summed E-state index contributed by atoms with van der Waals surface area (Å²) >= 11 is 1.27. The van der Waals surface area contributed by atoms with Crippen LogP contribution in [0.2, 0.25) is 0 Å². The lowest BCUT2D eigenvalue weighted by molar-refractivity contribution is -0.115. The van der Waals surface area contributed by atoms with E-state index in [1.807, 2.05) is 0 Å². The summed E-state index contributed by atoms with van der Waals surface area (Å²) in [4.78, 5) is 16.4. The third-order valence-corrected chi connectivity index (χ3v) is 3.36. The van der Waals surface area contributed by atoms with E-state index in [0.29, 0.717) is 23.0 Å². The highest BCUT2D eigenvalue weighted by molar-refractivity contribution is 8.18. The van der Waals surface area contributed by atoms with E-state index >= 15 is 0 Å². The first-order valence-corrected chi connectivity index (χ1v) is 6.66. The number of aliphatic hydroxyl groups excluding tert-OH is 1. The number of nitrogens with one attached hydrogen (secondary N) is 1. The van der Waals surface area contributed by atoms with Crippen LogP contribution in [0.15, 0.2) is 34.2 Å². The maximum absolute atomic E-state index is 11.7. The molecule has 0 aromatic heterocycles. The quantitative estimate of drug-likeness (QED) is 0.573. The van der Waals surface area contributed by atoms with Crippen molar-refractivity contribution < 1.29 is 15.0 Å². The normalized spacial score (nSPS) is 19.1. The van der Waals surface area contributed by atoms with E-state index in [9.17, 15) is 9.90 Å². The molecule has 5 nitrogen and oxygen atoms in total. The molecule has 0 atom stereocenters. The number of thioether (sulfide) groups is 1. The second-order valence-electron chi connectivity index (χ2n) is 3.92. The van der Waals surface area contributed by atoms with Gasteiger partial charge in [-0.2, -0.15) is 0 Å². The Balaban J connectivity index is 2.07. The highest BCUT2D eigenvalue weighted by Crippen LogP contribution is 2.26. The molecule has 19 heavy (non-hydrogen) atoms. The Morgan fingerprint density at radius 1 is 1.32 bits per heavy atom.